The topological polar surface area (TPSA) is 44.3 Å². The molecule has 3 nitrogen and oxygen atoms in total. The van der Waals surface area contributed by atoms with Gasteiger partial charge in [-0.1, -0.05) is 13.8 Å². The van der Waals surface area contributed by atoms with Gasteiger partial charge in [-0.15, -0.1) is 0 Å². The summed E-state index contributed by atoms with van der Waals surface area (Å²) in [6, 6.07) is 7.02. The molecular weight excluding hydrogens is 190 g/mol. The van der Waals surface area contributed by atoms with E-state index in [1.807, 2.05) is 39.2 Å². The van der Waals surface area contributed by atoms with E-state index in [0.717, 1.165) is 5.39 Å². The number of hydrogen-bond acceptors (Lipinski definition) is 2. The highest BCUT2D eigenvalue weighted by molar-refractivity contribution is 5.83. The second-order valence-corrected chi connectivity index (χ2v) is 2.99. The molecule has 0 saturated carbocycles. The first kappa shape index (κ1) is 11.3. The summed E-state index contributed by atoms with van der Waals surface area (Å²) in [7, 11) is 1.82. The van der Waals surface area contributed by atoms with Crippen molar-refractivity contribution in [2.75, 3.05) is 0 Å². The quantitative estimate of drug-likeness (QED) is 0.512. The highest BCUT2D eigenvalue weighted by atomic mass is 16.3. The van der Waals surface area contributed by atoms with Crippen LogP contribution in [0.1, 0.15) is 13.8 Å². The molecule has 0 aliphatic carbocycles. The average Bonchev–Trinajstić information content (AvgIpc) is 2.26. The van der Waals surface area contributed by atoms with Crippen LogP contribution in [0.5, 0.6) is 11.5 Å². The van der Waals surface area contributed by atoms with Gasteiger partial charge in [-0.05, 0) is 18.2 Å². The number of phenols is 2. The molecule has 1 aromatic carbocycles. The Hall–Kier alpha value is -1.77. The smallest absolute Gasteiger partial charge is 0.258 e. The summed E-state index contributed by atoms with van der Waals surface area (Å²) in [5, 5.41) is 19.7. The Morgan fingerprint density at radius 2 is 1.73 bits per heavy atom. The lowest BCUT2D eigenvalue weighted by atomic mass is 10.2. The molecule has 0 amide bonds. The molecule has 3 heteroatoms. The highest BCUT2D eigenvalue weighted by Gasteiger charge is 2.12. The van der Waals surface area contributed by atoms with Crippen LogP contribution in [0.4, 0.5) is 0 Å². The zero-order valence-electron chi connectivity index (χ0n) is 9.23. The lowest BCUT2D eigenvalue weighted by Gasteiger charge is -2.00. The first-order chi connectivity index (χ1) is 7.20. The van der Waals surface area contributed by atoms with Crippen LogP contribution < -0.4 is 4.57 Å². The van der Waals surface area contributed by atoms with Crippen LogP contribution in [-0.4, -0.2) is 10.2 Å². The van der Waals surface area contributed by atoms with E-state index in [9.17, 15) is 10.2 Å². The molecule has 0 atom stereocenters. The third-order valence-electron chi connectivity index (χ3n) is 2.10. The Bertz CT molecular complexity index is 466. The maximum absolute atomic E-state index is 9.57. The zero-order valence-corrected chi connectivity index (χ0v) is 9.23. The summed E-state index contributed by atoms with van der Waals surface area (Å²) in [6.07, 6.45) is 1.82. The Kier molecular flexibility index (Phi) is 3.50. The van der Waals surface area contributed by atoms with E-state index in [4.69, 9.17) is 0 Å². The van der Waals surface area contributed by atoms with Gasteiger partial charge in [-0.2, -0.15) is 4.57 Å². The number of phenolic OH excluding ortho intramolecular Hbond substituents is 2. The van der Waals surface area contributed by atoms with Gasteiger partial charge >= 0.3 is 0 Å². The molecule has 1 heterocycles. The Morgan fingerprint density at radius 1 is 1.07 bits per heavy atom. The minimum absolute atomic E-state index is 0.0689. The van der Waals surface area contributed by atoms with Crippen molar-refractivity contribution in [3.05, 3.63) is 30.5 Å². The molecular formula is C12H16NO2+. The van der Waals surface area contributed by atoms with E-state index in [0.29, 0.717) is 5.52 Å². The van der Waals surface area contributed by atoms with Gasteiger partial charge in [-0.3, -0.25) is 0 Å². The van der Waals surface area contributed by atoms with Gasteiger partial charge in [-0.25, -0.2) is 0 Å². The number of aryl methyl sites for hydroxylation is 1. The van der Waals surface area contributed by atoms with E-state index < -0.39 is 0 Å². The number of pyridine rings is 1. The van der Waals surface area contributed by atoms with Gasteiger partial charge in [0.1, 0.15) is 7.05 Å². The monoisotopic (exact) mass is 206 g/mol. The number of hydrogen-bond donors (Lipinski definition) is 2. The highest BCUT2D eigenvalue weighted by Crippen LogP contribution is 2.30. The summed E-state index contributed by atoms with van der Waals surface area (Å²) in [6.45, 7) is 4.00. The SMILES string of the molecule is CC.C[n+]1cccc2ccc(O)c(O)c21. The maximum atomic E-state index is 9.57. The normalized spacial score (nSPS) is 9.53. The second kappa shape index (κ2) is 4.64. The predicted molar refractivity (Wildman–Crippen MR) is 59.8 cm³/mol. The van der Waals surface area contributed by atoms with Crippen LogP contribution in [0.2, 0.25) is 0 Å². The number of fused-ring (bicyclic) bond motifs is 1. The molecule has 0 fully saturated rings. The molecule has 15 heavy (non-hydrogen) atoms. The largest absolute Gasteiger partial charge is 0.504 e. The molecule has 0 saturated heterocycles. The van der Waals surface area contributed by atoms with Crippen LogP contribution in [0, 0.1) is 0 Å². The van der Waals surface area contributed by atoms with Crippen molar-refractivity contribution in [3.8, 4) is 11.5 Å². The minimum atomic E-state index is -0.0886. The number of nitrogens with zero attached hydrogens (tertiary/aromatic N) is 1. The molecule has 2 rings (SSSR count). The fourth-order valence-electron chi connectivity index (χ4n) is 1.44. The van der Waals surface area contributed by atoms with Crippen LogP contribution in [-0.2, 0) is 7.05 Å². The average molecular weight is 206 g/mol. The van der Waals surface area contributed by atoms with Crippen LogP contribution in [0.15, 0.2) is 30.5 Å². The number of rotatable bonds is 0. The Balaban J connectivity index is 0.000000531. The Labute approximate surface area is 89.2 Å². The molecule has 0 unspecified atom stereocenters. The van der Waals surface area contributed by atoms with Gasteiger partial charge < -0.3 is 10.2 Å². The molecule has 0 aliphatic heterocycles. The first-order valence-corrected chi connectivity index (χ1v) is 4.99. The minimum Gasteiger partial charge on any atom is -0.504 e. The molecule has 0 spiro atoms. The van der Waals surface area contributed by atoms with Crippen molar-refractivity contribution >= 4 is 10.9 Å². The second-order valence-electron chi connectivity index (χ2n) is 2.99. The van der Waals surface area contributed by atoms with Crippen molar-refractivity contribution < 1.29 is 14.8 Å². The van der Waals surface area contributed by atoms with Crippen molar-refractivity contribution in [2.45, 2.75) is 13.8 Å². The number of aromatic hydroxyl groups is 2. The summed E-state index contributed by atoms with van der Waals surface area (Å²) in [5.74, 6) is -0.157. The molecule has 0 radical (unpaired) electrons. The molecule has 80 valence electrons. The fraction of sp³-hybridized carbons (Fsp3) is 0.250. The first-order valence-electron chi connectivity index (χ1n) is 4.99. The van der Waals surface area contributed by atoms with Gasteiger partial charge in [0.05, 0.1) is 5.39 Å². The predicted octanol–water partition coefficient (Wildman–Crippen LogP) is 2.10. The zero-order chi connectivity index (χ0) is 11.4. The van der Waals surface area contributed by atoms with Crippen molar-refractivity contribution in [1.82, 2.24) is 0 Å². The van der Waals surface area contributed by atoms with E-state index in [1.54, 1.807) is 10.6 Å². The Morgan fingerprint density at radius 3 is 2.40 bits per heavy atom. The molecule has 0 bridgehead atoms. The van der Waals surface area contributed by atoms with Crippen LogP contribution >= 0.6 is 0 Å². The summed E-state index contributed by atoms with van der Waals surface area (Å²) in [4.78, 5) is 0. The molecule has 0 aliphatic rings. The lowest BCUT2D eigenvalue weighted by molar-refractivity contribution is -0.645. The molecule has 1 aromatic heterocycles. The fourth-order valence-corrected chi connectivity index (χ4v) is 1.44. The van der Waals surface area contributed by atoms with Gasteiger partial charge in [0.15, 0.2) is 11.9 Å². The standard InChI is InChI=1S/C10H9NO2.C2H6/c1-11-6-2-3-7-4-5-8(12)10(13)9(7)11;1-2/h2-6,13H,1H3;1-2H3/p+1. The lowest BCUT2D eigenvalue weighted by Crippen LogP contribution is -2.27. The van der Waals surface area contributed by atoms with Crippen molar-refractivity contribution in [2.24, 2.45) is 7.05 Å². The summed E-state index contributed by atoms with van der Waals surface area (Å²) < 4.78 is 1.77. The molecule has 2 N–H and O–H groups in total. The summed E-state index contributed by atoms with van der Waals surface area (Å²) >= 11 is 0. The van der Waals surface area contributed by atoms with E-state index >= 15 is 0 Å². The van der Waals surface area contributed by atoms with Crippen LogP contribution in [0.25, 0.3) is 10.9 Å². The molecule has 2 aromatic rings. The van der Waals surface area contributed by atoms with Crippen molar-refractivity contribution in [3.63, 3.8) is 0 Å². The number of aromatic nitrogens is 1. The van der Waals surface area contributed by atoms with E-state index in [2.05, 4.69) is 0 Å². The van der Waals surface area contributed by atoms with Crippen molar-refractivity contribution in [1.29, 1.82) is 0 Å². The summed E-state index contributed by atoms with van der Waals surface area (Å²) in [5.41, 5.74) is 0.641. The maximum Gasteiger partial charge on any atom is 0.258 e. The van der Waals surface area contributed by atoms with E-state index in [-0.39, 0.29) is 11.5 Å². The number of benzene rings is 1. The van der Waals surface area contributed by atoms with Gasteiger partial charge in [0.2, 0.25) is 5.75 Å². The third kappa shape index (κ3) is 2.01. The van der Waals surface area contributed by atoms with Gasteiger partial charge in [0, 0.05) is 6.07 Å². The van der Waals surface area contributed by atoms with Gasteiger partial charge in [0.25, 0.3) is 5.52 Å². The third-order valence-corrected chi connectivity index (χ3v) is 2.10. The van der Waals surface area contributed by atoms with Crippen LogP contribution in [0.3, 0.4) is 0 Å². The van der Waals surface area contributed by atoms with E-state index in [1.165, 1.54) is 6.07 Å².